The van der Waals surface area contributed by atoms with Crippen molar-refractivity contribution in [2.24, 2.45) is 0 Å². The molecule has 0 radical (unpaired) electrons. The Morgan fingerprint density at radius 3 is 1.33 bits per heavy atom. The second-order valence-electron chi connectivity index (χ2n) is 4.13. The first-order valence-corrected chi connectivity index (χ1v) is 8.51. The summed E-state index contributed by atoms with van der Waals surface area (Å²) in [4.78, 5) is 22.7. The molecular formula is C16H14O4Te. The van der Waals surface area contributed by atoms with E-state index in [-0.39, 0.29) is 11.9 Å². The van der Waals surface area contributed by atoms with E-state index in [1.807, 2.05) is 24.3 Å². The first-order valence-electron chi connectivity index (χ1n) is 6.18. The van der Waals surface area contributed by atoms with Crippen LogP contribution in [0.3, 0.4) is 0 Å². The van der Waals surface area contributed by atoms with Crippen molar-refractivity contribution in [1.82, 2.24) is 0 Å². The van der Waals surface area contributed by atoms with E-state index in [2.05, 4.69) is 9.47 Å². The molecule has 0 aliphatic rings. The number of esters is 2. The van der Waals surface area contributed by atoms with Gasteiger partial charge in [-0.15, -0.1) is 0 Å². The Kier molecular flexibility index (Phi) is 5.38. The summed E-state index contributed by atoms with van der Waals surface area (Å²) in [5, 5.41) is 0. The van der Waals surface area contributed by atoms with Gasteiger partial charge >= 0.3 is 133 Å². The van der Waals surface area contributed by atoms with Crippen LogP contribution in [-0.2, 0) is 9.47 Å². The van der Waals surface area contributed by atoms with Crippen molar-refractivity contribution in [2.45, 2.75) is 0 Å². The van der Waals surface area contributed by atoms with Crippen LogP contribution in [0.25, 0.3) is 0 Å². The fourth-order valence-electron chi connectivity index (χ4n) is 1.69. The number of hydrogen-bond acceptors (Lipinski definition) is 4. The van der Waals surface area contributed by atoms with Crippen molar-refractivity contribution in [3.8, 4) is 0 Å². The van der Waals surface area contributed by atoms with Crippen molar-refractivity contribution in [3.63, 3.8) is 0 Å². The van der Waals surface area contributed by atoms with Gasteiger partial charge in [0.1, 0.15) is 0 Å². The van der Waals surface area contributed by atoms with E-state index in [9.17, 15) is 9.59 Å². The summed E-state index contributed by atoms with van der Waals surface area (Å²) in [7, 11) is 2.74. The van der Waals surface area contributed by atoms with Gasteiger partial charge in [-0.2, -0.15) is 0 Å². The molecule has 21 heavy (non-hydrogen) atoms. The van der Waals surface area contributed by atoms with Crippen LogP contribution in [0, 0.1) is 0 Å². The monoisotopic (exact) mass is 400 g/mol. The van der Waals surface area contributed by atoms with E-state index in [1.54, 1.807) is 24.3 Å². The van der Waals surface area contributed by atoms with Gasteiger partial charge in [-0.3, -0.25) is 0 Å². The zero-order valence-electron chi connectivity index (χ0n) is 11.7. The van der Waals surface area contributed by atoms with Crippen molar-refractivity contribution in [3.05, 3.63) is 59.7 Å². The Hall–Kier alpha value is -1.83. The van der Waals surface area contributed by atoms with Crippen LogP contribution in [0.1, 0.15) is 20.7 Å². The van der Waals surface area contributed by atoms with Crippen molar-refractivity contribution >= 4 is 40.1 Å². The van der Waals surface area contributed by atoms with Crippen LogP contribution < -0.4 is 7.22 Å². The molecule has 0 aliphatic heterocycles. The third-order valence-electron chi connectivity index (χ3n) is 2.79. The number of carbonyl (C=O) groups is 2. The van der Waals surface area contributed by atoms with Crippen molar-refractivity contribution < 1.29 is 19.1 Å². The summed E-state index contributed by atoms with van der Waals surface area (Å²) in [6, 6.07) is 14.9. The minimum absolute atomic E-state index is 0.329. The van der Waals surface area contributed by atoms with Gasteiger partial charge in [0.25, 0.3) is 0 Å². The predicted octanol–water partition coefficient (Wildman–Crippen LogP) is 0.915. The molecular weight excluding hydrogens is 384 g/mol. The summed E-state index contributed by atoms with van der Waals surface area (Å²) in [5.74, 6) is -0.658. The Labute approximate surface area is 133 Å². The number of ether oxygens (including phenoxy) is 2. The second-order valence-corrected chi connectivity index (χ2v) is 7.41. The second kappa shape index (κ2) is 7.26. The average Bonchev–Trinajstić information content (AvgIpc) is 2.55. The van der Waals surface area contributed by atoms with Gasteiger partial charge in [0.2, 0.25) is 0 Å². The van der Waals surface area contributed by atoms with E-state index in [0.717, 1.165) is 0 Å². The third-order valence-corrected chi connectivity index (χ3v) is 5.69. The van der Waals surface area contributed by atoms with Gasteiger partial charge < -0.3 is 0 Å². The van der Waals surface area contributed by atoms with E-state index < -0.39 is 20.9 Å². The first kappa shape index (κ1) is 15.6. The number of carbonyl (C=O) groups excluding carboxylic acids is 2. The molecule has 0 amide bonds. The van der Waals surface area contributed by atoms with Gasteiger partial charge in [-0.1, -0.05) is 0 Å². The maximum atomic E-state index is 11.4. The van der Waals surface area contributed by atoms with E-state index >= 15 is 0 Å². The molecule has 0 unspecified atom stereocenters. The molecule has 4 nitrogen and oxygen atoms in total. The standard InChI is InChI=1S/C16H14O4Te/c1-19-15(17)11-3-7-13(8-4-11)21-14-9-5-12(6-10-14)16(18)20-2/h3-10H,1-2H3. The number of hydrogen-bond donors (Lipinski definition) is 0. The van der Waals surface area contributed by atoms with Crippen molar-refractivity contribution in [1.29, 1.82) is 0 Å². The summed E-state index contributed by atoms with van der Waals surface area (Å²) >= 11 is -0.545. The quantitative estimate of drug-likeness (QED) is 0.568. The van der Waals surface area contributed by atoms with E-state index in [0.29, 0.717) is 11.1 Å². The molecule has 5 heteroatoms. The first-order chi connectivity index (χ1) is 10.1. The minimum atomic E-state index is -0.545. The fourth-order valence-corrected chi connectivity index (χ4v) is 4.02. The number of rotatable bonds is 4. The molecule has 0 aromatic heterocycles. The predicted molar refractivity (Wildman–Crippen MR) is 80.6 cm³/mol. The van der Waals surface area contributed by atoms with Crippen LogP contribution in [0.5, 0.6) is 0 Å². The molecule has 2 aromatic rings. The summed E-state index contributed by atoms with van der Waals surface area (Å²) < 4.78 is 11.8. The molecule has 0 aliphatic carbocycles. The molecule has 0 fully saturated rings. The van der Waals surface area contributed by atoms with Gasteiger partial charge in [-0.05, 0) is 0 Å². The fraction of sp³-hybridized carbons (Fsp3) is 0.125. The molecule has 0 saturated carbocycles. The van der Waals surface area contributed by atoms with Gasteiger partial charge in [0.15, 0.2) is 0 Å². The van der Waals surface area contributed by atoms with Crippen molar-refractivity contribution in [2.75, 3.05) is 14.2 Å². The van der Waals surface area contributed by atoms with Crippen LogP contribution in [0.2, 0.25) is 0 Å². The van der Waals surface area contributed by atoms with Gasteiger partial charge in [0, 0.05) is 0 Å². The topological polar surface area (TPSA) is 52.6 Å². The average molecular weight is 398 g/mol. The number of methoxy groups -OCH3 is 2. The van der Waals surface area contributed by atoms with E-state index in [4.69, 9.17) is 0 Å². The van der Waals surface area contributed by atoms with Crippen LogP contribution in [0.15, 0.2) is 48.5 Å². The van der Waals surface area contributed by atoms with Crippen LogP contribution >= 0.6 is 0 Å². The molecule has 0 saturated heterocycles. The van der Waals surface area contributed by atoms with Crippen LogP contribution in [0.4, 0.5) is 0 Å². The Morgan fingerprint density at radius 1 is 0.714 bits per heavy atom. The summed E-state index contributed by atoms with van der Waals surface area (Å²) in [6.07, 6.45) is 0. The normalized spacial score (nSPS) is 10.0. The molecule has 0 N–H and O–H groups in total. The molecule has 0 heterocycles. The van der Waals surface area contributed by atoms with Gasteiger partial charge in [0.05, 0.1) is 0 Å². The number of benzene rings is 2. The molecule has 0 atom stereocenters. The zero-order valence-corrected chi connectivity index (χ0v) is 14.0. The Morgan fingerprint density at radius 2 is 1.05 bits per heavy atom. The molecule has 0 bridgehead atoms. The zero-order chi connectivity index (χ0) is 15.2. The summed E-state index contributed by atoms with van der Waals surface area (Å²) in [5.41, 5.74) is 1.10. The maximum absolute atomic E-state index is 11.4. The third kappa shape index (κ3) is 4.07. The molecule has 0 spiro atoms. The summed E-state index contributed by atoms with van der Waals surface area (Å²) in [6.45, 7) is 0. The van der Waals surface area contributed by atoms with Crippen LogP contribution in [-0.4, -0.2) is 47.1 Å². The molecule has 108 valence electrons. The van der Waals surface area contributed by atoms with Gasteiger partial charge in [-0.25, -0.2) is 0 Å². The molecule has 2 aromatic carbocycles. The van der Waals surface area contributed by atoms with E-state index in [1.165, 1.54) is 21.4 Å². The SMILES string of the molecule is COC(=O)c1ccc([Te]c2ccc(C(=O)OC)cc2)cc1. The molecule has 2 rings (SSSR count). The Balaban J connectivity index is 2.08. The Bertz CT molecular complexity index is 575.